The van der Waals surface area contributed by atoms with E-state index < -0.39 is 7.60 Å². The SMILES string of the molecule is CCOP(=O)(Cc1cc(-c2ccccc2)no1)OCC. The Hall–Kier alpha value is -1.42. The molecule has 0 amide bonds. The molecular formula is C14H18NO4P. The molecule has 0 atom stereocenters. The van der Waals surface area contributed by atoms with Crippen LogP contribution in [0.3, 0.4) is 0 Å². The van der Waals surface area contributed by atoms with Gasteiger partial charge in [0.25, 0.3) is 0 Å². The Morgan fingerprint density at radius 2 is 1.80 bits per heavy atom. The zero-order valence-corrected chi connectivity index (χ0v) is 12.5. The highest BCUT2D eigenvalue weighted by atomic mass is 31.2. The number of benzene rings is 1. The van der Waals surface area contributed by atoms with Gasteiger partial charge < -0.3 is 13.6 Å². The average molecular weight is 295 g/mol. The van der Waals surface area contributed by atoms with E-state index >= 15 is 0 Å². The van der Waals surface area contributed by atoms with Gasteiger partial charge in [0.1, 0.15) is 17.6 Å². The van der Waals surface area contributed by atoms with Gasteiger partial charge in [-0.25, -0.2) is 0 Å². The predicted octanol–water partition coefficient (Wildman–Crippen LogP) is 4.11. The van der Waals surface area contributed by atoms with E-state index in [1.165, 1.54) is 0 Å². The molecule has 0 N–H and O–H groups in total. The van der Waals surface area contributed by atoms with Gasteiger partial charge in [0.15, 0.2) is 0 Å². The summed E-state index contributed by atoms with van der Waals surface area (Å²) < 4.78 is 28.1. The van der Waals surface area contributed by atoms with Gasteiger partial charge in [-0.2, -0.15) is 0 Å². The van der Waals surface area contributed by atoms with Crippen molar-refractivity contribution in [2.24, 2.45) is 0 Å². The first-order valence-corrected chi connectivity index (χ1v) is 8.29. The summed E-state index contributed by atoms with van der Waals surface area (Å²) in [5.74, 6) is 0.495. The lowest BCUT2D eigenvalue weighted by Gasteiger charge is -2.14. The van der Waals surface area contributed by atoms with Crippen molar-refractivity contribution in [3.05, 3.63) is 42.2 Å². The molecular weight excluding hydrogens is 277 g/mol. The summed E-state index contributed by atoms with van der Waals surface area (Å²) in [5, 5.41) is 3.98. The molecule has 0 aliphatic carbocycles. The molecule has 0 spiro atoms. The minimum absolute atomic E-state index is 0.0918. The molecule has 0 bridgehead atoms. The fraction of sp³-hybridized carbons (Fsp3) is 0.357. The van der Waals surface area contributed by atoms with E-state index in [1.807, 2.05) is 30.3 Å². The van der Waals surface area contributed by atoms with Crippen molar-refractivity contribution in [2.45, 2.75) is 20.0 Å². The van der Waals surface area contributed by atoms with Crippen LogP contribution in [-0.4, -0.2) is 18.4 Å². The van der Waals surface area contributed by atoms with Crippen molar-refractivity contribution in [2.75, 3.05) is 13.2 Å². The summed E-state index contributed by atoms with van der Waals surface area (Å²) >= 11 is 0. The van der Waals surface area contributed by atoms with Crippen molar-refractivity contribution in [3.8, 4) is 11.3 Å². The topological polar surface area (TPSA) is 61.6 Å². The maximum Gasteiger partial charge on any atom is 0.338 e. The second kappa shape index (κ2) is 6.84. The third-order valence-electron chi connectivity index (χ3n) is 2.63. The molecule has 20 heavy (non-hydrogen) atoms. The fourth-order valence-corrected chi connectivity index (χ4v) is 3.42. The van der Waals surface area contributed by atoms with Gasteiger partial charge in [-0.15, -0.1) is 0 Å². The largest absolute Gasteiger partial charge is 0.360 e. The Morgan fingerprint density at radius 1 is 1.15 bits per heavy atom. The Kier molecular flexibility index (Phi) is 5.12. The van der Waals surface area contributed by atoms with Crippen LogP contribution in [0, 0.1) is 0 Å². The third-order valence-corrected chi connectivity index (χ3v) is 4.63. The van der Waals surface area contributed by atoms with Crippen LogP contribution in [0.1, 0.15) is 19.6 Å². The van der Waals surface area contributed by atoms with E-state index in [-0.39, 0.29) is 6.16 Å². The first-order valence-electron chi connectivity index (χ1n) is 6.56. The van der Waals surface area contributed by atoms with Crippen LogP contribution in [0.25, 0.3) is 11.3 Å². The number of nitrogens with zero attached hydrogens (tertiary/aromatic N) is 1. The van der Waals surface area contributed by atoms with Gasteiger partial charge in [0.05, 0.1) is 13.2 Å². The summed E-state index contributed by atoms with van der Waals surface area (Å²) in [6, 6.07) is 11.4. The molecule has 0 aliphatic rings. The number of rotatable bonds is 7. The van der Waals surface area contributed by atoms with E-state index in [2.05, 4.69) is 5.16 Å². The standard InChI is InChI=1S/C14H18NO4P/c1-3-17-20(16,18-4-2)11-13-10-14(15-19-13)12-8-6-5-7-9-12/h5-10H,3-4,11H2,1-2H3. The molecule has 108 valence electrons. The zero-order valence-electron chi connectivity index (χ0n) is 11.6. The van der Waals surface area contributed by atoms with Crippen molar-refractivity contribution in [1.82, 2.24) is 5.16 Å². The Balaban J connectivity index is 2.15. The lowest BCUT2D eigenvalue weighted by atomic mass is 10.1. The normalized spacial score (nSPS) is 11.7. The van der Waals surface area contributed by atoms with Gasteiger partial charge in [-0.05, 0) is 13.8 Å². The van der Waals surface area contributed by atoms with Gasteiger partial charge in [0, 0.05) is 11.6 Å². The van der Waals surface area contributed by atoms with Gasteiger partial charge in [-0.3, -0.25) is 4.57 Å². The lowest BCUT2D eigenvalue weighted by Crippen LogP contribution is -1.98. The molecule has 2 aromatic rings. The van der Waals surface area contributed by atoms with Crippen molar-refractivity contribution in [1.29, 1.82) is 0 Å². The van der Waals surface area contributed by atoms with E-state index in [4.69, 9.17) is 13.6 Å². The number of aromatic nitrogens is 1. The number of hydrogen-bond donors (Lipinski definition) is 0. The highest BCUT2D eigenvalue weighted by molar-refractivity contribution is 7.53. The summed E-state index contributed by atoms with van der Waals surface area (Å²) in [6.07, 6.45) is 0.0918. The molecule has 5 nitrogen and oxygen atoms in total. The molecule has 0 saturated heterocycles. The molecule has 2 rings (SSSR count). The smallest absolute Gasteiger partial charge is 0.338 e. The maximum absolute atomic E-state index is 12.4. The highest BCUT2D eigenvalue weighted by Gasteiger charge is 2.26. The maximum atomic E-state index is 12.4. The third kappa shape index (κ3) is 3.79. The van der Waals surface area contributed by atoms with Crippen LogP contribution in [0.4, 0.5) is 0 Å². The van der Waals surface area contributed by atoms with Gasteiger partial charge in [0.2, 0.25) is 0 Å². The first kappa shape index (κ1) is 15.0. The van der Waals surface area contributed by atoms with Gasteiger partial charge >= 0.3 is 7.60 Å². The summed E-state index contributed by atoms with van der Waals surface area (Å²) in [5.41, 5.74) is 1.66. The van der Waals surface area contributed by atoms with Crippen LogP contribution in [0.2, 0.25) is 0 Å². The minimum Gasteiger partial charge on any atom is -0.360 e. The molecule has 0 radical (unpaired) electrons. The van der Waals surface area contributed by atoms with E-state index in [0.29, 0.717) is 24.7 Å². The minimum atomic E-state index is -3.15. The van der Waals surface area contributed by atoms with Crippen molar-refractivity contribution >= 4 is 7.60 Å². The van der Waals surface area contributed by atoms with Crippen molar-refractivity contribution in [3.63, 3.8) is 0 Å². The number of hydrogen-bond acceptors (Lipinski definition) is 5. The van der Waals surface area contributed by atoms with E-state index in [1.54, 1.807) is 19.9 Å². The predicted molar refractivity (Wildman–Crippen MR) is 76.5 cm³/mol. The molecule has 0 saturated carbocycles. The summed E-state index contributed by atoms with van der Waals surface area (Å²) in [7, 11) is -3.15. The van der Waals surface area contributed by atoms with E-state index in [9.17, 15) is 4.57 Å². The van der Waals surface area contributed by atoms with Crippen molar-refractivity contribution < 1.29 is 18.1 Å². The summed E-state index contributed by atoms with van der Waals surface area (Å²) in [6.45, 7) is 4.22. The summed E-state index contributed by atoms with van der Waals surface area (Å²) in [4.78, 5) is 0. The highest BCUT2D eigenvalue weighted by Crippen LogP contribution is 2.51. The van der Waals surface area contributed by atoms with Crippen LogP contribution in [-0.2, 0) is 19.8 Å². The van der Waals surface area contributed by atoms with Crippen LogP contribution < -0.4 is 0 Å². The van der Waals surface area contributed by atoms with Crippen LogP contribution >= 0.6 is 7.60 Å². The zero-order chi connectivity index (χ0) is 14.4. The van der Waals surface area contributed by atoms with Crippen LogP contribution in [0.15, 0.2) is 40.9 Å². The monoisotopic (exact) mass is 295 g/mol. The first-order chi connectivity index (χ1) is 9.67. The molecule has 1 aromatic heterocycles. The second-order valence-corrected chi connectivity index (χ2v) is 6.20. The molecule has 0 aliphatic heterocycles. The molecule has 0 unspecified atom stereocenters. The Bertz CT molecular complexity index is 572. The molecule has 6 heteroatoms. The average Bonchev–Trinajstić information content (AvgIpc) is 2.88. The molecule has 1 heterocycles. The molecule has 0 fully saturated rings. The van der Waals surface area contributed by atoms with E-state index in [0.717, 1.165) is 5.56 Å². The Morgan fingerprint density at radius 3 is 2.40 bits per heavy atom. The lowest BCUT2D eigenvalue weighted by molar-refractivity contribution is 0.216. The molecule has 1 aromatic carbocycles. The van der Waals surface area contributed by atoms with Gasteiger partial charge in [-0.1, -0.05) is 35.5 Å². The van der Waals surface area contributed by atoms with Crippen LogP contribution in [0.5, 0.6) is 0 Å². The second-order valence-electron chi connectivity index (χ2n) is 4.15. The Labute approximate surface area is 118 Å². The fourth-order valence-electron chi connectivity index (χ4n) is 1.85. The quantitative estimate of drug-likeness (QED) is 0.719.